The molecule has 0 radical (unpaired) electrons. The van der Waals surface area contributed by atoms with Crippen LogP contribution in [0.15, 0.2) is 12.1 Å². The molecular formula is C11H8F2I2O5. The van der Waals surface area contributed by atoms with Gasteiger partial charge in [-0.15, -0.1) is 0 Å². The van der Waals surface area contributed by atoms with Gasteiger partial charge in [-0.25, -0.2) is 9.59 Å². The maximum absolute atomic E-state index is 12.9. The second-order valence-corrected chi connectivity index (χ2v) is 5.96. The molecule has 0 aliphatic rings. The molecule has 0 aromatic heterocycles. The van der Waals surface area contributed by atoms with Crippen molar-refractivity contribution in [2.24, 2.45) is 0 Å². The lowest BCUT2D eigenvalue weighted by Crippen LogP contribution is -2.34. The standard InChI is InChI=1S/C11H8F2I2O5/c1-19-8-6(2-5(14)3-7(8)15)9(16)20-4-11(12,13)10(17)18/h2-3H,4H2,1H3,(H,17,18). The van der Waals surface area contributed by atoms with Crippen molar-refractivity contribution in [2.75, 3.05) is 13.7 Å². The van der Waals surface area contributed by atoms with Crippen LogP contribution in [0.5, 0.6) is 5.75 Å². The van der Waals surface area contributed by atoms with Crippen LogP contribution in [0.2, 0.25) is 0 Å². The molecule has 0 bridgehead atoms. The Kier molecular flexibility index (Phi) is 5.91. The normalized spacial score (nSPS) is 11.1. The third-order valence-electron chi connectivity index (χ3n) is 2.13. The fraction of sp³-hybridized carbons (Fsp3) is 0.273. The molecule has 0 aliphatic carbocycles. The molecule has 0 saturated carbocycles. The summed E-state index contributed by atoms with van der Waals surface area (Å²) >= 11 is 3.86. The smallest absolute Gasteiger partial charge is 0.378 e. The number of carboxylic acid groups (broad SMARTS) is 1. The number of rotatable bonds is 5. The predicted molar refractivity (Wildman–Crippen MR) is 81.3 cm³/mol. The van der Waals surface area contributed by atoms with Crippen molar-refractivity contribution >= 4 is 57.1 Å². The van der Waals surface area contributed by atoms with Gasteiger partial charge in [0.15, 0.2) is 6.61 Å². The maximum Gasteiger partial charge on any atom is 0.378 e. The molecule has 0 spiro atoms. The summed E-state index contributed by atoms with van der Waals surface area (Å²) < 4.78 is 36.4. The molecule has 1 rings (SSSR count). The number of ether oxygens (including phenoxy) is 2. The van der Waals surface area contributed by atoms with E-state index < -0.39 is 24.5 Å². The summed E-state index contributed by atoms with van der Waals surface area (Å²) in [5.74, 6) is -7.36. The van der Waals surface area contributed by atoms with Crippen molar-refractivity contribution in [1.82, 2.24) is 0 Å². The zero-order chi connectivity index (χ0) is 15.5. The van der Waals surface area contributed by atoms with E-state index in [1.165, 1.54) is 13.2 Å². The largest absolute Gasteiger partial charge is 0.495 e. The number of hydrogen-bond donors (Lipinski definition) is 1. The average Bonchev–Trinajstić information content (AvgIpc) is 2.35. The van der Waals surface area contributed by atoms with Gasteiger partial charge in [0.1, 0.15) is 11.3 Å². The molecule has 9 heteroatoms. The van der Waals surface area contributed by atoms with Crippen LogP contribution in [0.4, 0.5) is 8.78 Å². The van der Waals surface area contributed by atoms with Crippen molar-refractivity contribution in [3.8, 4) is 5.75 Å². The minimum absolute atomic E-state index is 0.0370. The average molecular weight is 512 g/mol. The quantitative estimate of drug-likeness (QED) is 0.486. The zero-order valence-corrected chi connectivity index (χ0v) is 14.3. The molecule has 0 heterocycles. The highest BCUT2D eigenvalue weighted by molar-refractivity contribution is 14.1. The van der Waals surface area contributed by atoms with E-state index >= 15 is 0 Å². The minimum Gasteiger partial charge on any atom is -0.495 e. The van der Waals surface area contributed by atoms with Gasteiger partial charge in [0.05, 0.1) is 10.7 Å². The van der Waals surface area contributed by atoms with Gasteiger partial charge >= 0.3 is 17.9 Å². The first-order valence-corrected chi connectivity index (χ1v) is 7.16. The Labute approximate surface area is 139 Å². The molecule has 110 valence electrons. The van der Waals surface area contributed by atoms with Gasteiger partial charge < -0.3 is 14.6 Å². The number of alkyl halides is 2. The van der Waals surface area contributed by atoms with Crippen molar-refractivity contribution in [3.05, 3.63) is 24.8 Å². The van der Waals surface area contributed by atoms with E-state index in [0.717, 1.165) is 0 Å². The molecule has 5 nitrogen and oxygen atoms in total. The fourth-order valence-corrected chi connectivity index (χ4v) is 3.28. The lowest BCUT2D eigenvalue weighted by molar-refractivity contribution is -0.170. The molecular weight excluding hydrogens is 504 g/mol. The Morgan fingerprint density at radius 1 is 1.35 bits per heavy atom. The molecule has 1 aromatic rings. The summed E-state index contributed by atoms with van der Waals surface area (Å²) in [6.45, 7) is -1.54. The van der Waals surface area contributed by atoms with Crippen LogP contribution in [0, 0.1) is 7.14 Å². The van der Waals surface area contributed by atoms with Crippen molar-refractivity contribution in [1.29, 1.82) is 0 Å². The Morgan fingerprint density at radius 2 is 1.95 bits per heavy atom. The maximum atomic E-state index is 12.9. The van der Waals surface area contributed by atoms with Crippen LogP contribution in [-0.2, 0) is 9.53 Å². The highest BCUT2D eigenvalue weighted by Gasteiger charge is 2.40. The van der Waals surface area contributed by atoms with Gasteiger partial charge in [0, 0.05) is 3.57 Å². The predicted octanol–water partition coefficient (Wildman–Crippen LogP) is 2.78. The summed E-state index contributed by atoms with van der Waals surface area (Å²) in [4.78, 5) is 22.0. The zero-order valence-electron chi connectivity index (χ0n) is 9.95. The highest BCUT2D eigenvalue weighted by atomic mass is 127. The summed E-state index contributed by atoms with van der Waals surface area (Å²) in [6, 6.07) is 3.13. The van der Waals surface area contributed by atoms with E-state index in [2.05, 4.69) is 4.74 Å². The van der Waals surface area contributed by atoms with Gasteiger partial charge in [-0.05, 0) is 57.3 Å². The molecule has 0 unspecified atom stereocenters. The Balaban J connectivity index is 2.96. The number of aliphatic carboxylic acids is 1. The first-order chi connectivity index (χ1) is 9.19. The van der Waals surface area contributed by atoms with Crippen LogP contribution in [0.25, 0.3) is 0 Å². The van der Waals surface area contributed by atoms with E-state index in [0.29, 0.717) is 7.14 Å². The lowest BCUT2D eigenvalue weighted by atomic mass is 10.2. The highest BCUT2D eigenvalue weighted by Crippen LogP contribution is 2.29. The first-order valence-electron chi connectivity index (χ1n) is 5.00. The van der Waals surface area contributed by atoms with Crippen LogP contribution in [-0.4, -0.2) is 36.7 Å². The molecule has 1 N–H and O–H groups in total. The number of methoxy groups -OCH3 is 1. The van der Waals surface area contributed by atoms with Crippen LogP contribution in [0.3, 0.4) is 0 Å². The monoisotopic (exact) mass is 512 g/mol. The van der Waals surface area contributed by atoms with Gasteiger partial charge in [-0.2, -0.15) is 8.78 Å². The number of hydrogen-bond acceptors (Lipinski definition) is 4. The third kappa shape index (κ3) is 4.14. The van der Waals surface area contributed by atoms with E-state index in [1.54, 1.807) is 6.07 Å². The van der Waals surface area contributed by atoms with Crippen molar-refractivity contribution in [3.63, 3.8) is 0 Å². The topological polar surface area (TPSA) is 72.8 Å². The molecule has 0 saturated heterocycles. The second kappa shape index (κ2) is 6.83. The van der Waals surface area contributed by atoms with Gasteiger partial charge in [-0.1, -0.05) is 0 Å². The number of benzene rings is 1. The fourth-order valence-electron chi connectivity index (χ4n) is 1.22. The van der Waals surface area contributed by atoms with Crippen LogP contribution < -0.4 is 4.74 Å². The summed E-state index contributed by atoms with van der Waals surface area (Å²) in [5, 5.41) is 8.25. The SMILES string of the molecule is COc1c(I)cc(I)cc1C(=O)OCC(F)(F)C(=O)O. The number of carbonyl (C=O) groups excluding carboxylic acids is 1. The molecule has 20 heavy (non-hydrogen) atoms. The molecule has 0 fully saturated rings. The minimum atomic E-state index is -4.13. The Bertz CT molecular complexity index is 548. The van der Waals surface area contributed by atoms with Crippen LogP contribution >= 0.6 is 45.2 Å². The number of esters is 1. The second-order valence-electron chi connectivity index (χ2n) is 3.55. The van der Waals surface area contributed by atoms with E-state index in [-0.39, 0.29) is 11.3 Å². The summed E-state index contributed by atoms with van der Waals surface area (Å²) in [7, 11) is 1.33. The molecule has 1 aromatic carbocycles. The molecule has 0 aliphatic heterocycles. The van der Waals surface area contributed by atoms with Gasteiger partial charge in [-0.3, -0.25) is 0 Å². The summed E-state index contributed by atoms with van der Waals surface area (Å²) in [5.41, 5.74) is -0.0370. The summed E-state index contributed by atoms with van der Waals surface area (Å²) in [6.07, 6.45) is 0. The van der Waals surface area contributed by atoms with E-state index in [4.69, 9.17) is 9.84 Å². The Morgan fingerprint density at radius 3 is 2.45 bits per heavy atom. The molecule has 0 atom stereocenters. The van der Waals surface area contributed by atoms with Crippen molar-refractivity contribution in [2.45, 2.75) is 5.92 Å². The van der Waals surface area contributed by atoms with E-state index in [9.17, 15) is 18.4 Å². The first kappa shape index (κ1) is 17.3. The van der Waals surface area contributed by atoms with Gasteiger partial charge in [0.2, 0.25) is 0 Å². The lowest BCUT2D eigenvalue weighted by Gasteiger charge is -2.14. The number of carbonyl (C=O) groups is 2. The van der Waals surface area contributed by atoms with Crippen molar-refractivity contribution < 1.29 is 33.0 Å². The third-order valence-corrected chi connectivity index (χ3v) is 3.55. The van der Waals surface area contributed by atoms with Crippen LogP contribution in [0.1, 0.15) is 10.4 Å². The van der Waals surface area contributed by atoms with E-state index in [1.807, 2.05) is 45.2 Å². The molecule has 0 amide bonds. The Hall–Kier alpha value is -0.720. The number of carboxylic acids is 1. The number of halogens is 4. The van der Waals surface area contributed by atoms with Gasteiger partial charge in [0.25, 0.3) is 0 Å².